The van der Waals surface area contributed by atoms with E-state index in [1.165, 1.54) is 24.0 Å². The molecule has 0 aromatic heterocycles. The molecule has 0 spiro atoms. The van der Waals surface area contributed by atoms with E-state index in [1.54, 1.807) is 4.90 Å². The van der Waals surface area contributed by atoms with E-state index < -0.39 is 0 Å². The first-order valence-electron chi connectivity index (χ1n) is 7.91. The Hall–Kier alpha value is -1.84. The molecule has 2 fully saturated rings. The van der Waals surface area contributed by atoms with Crippen LogP contribution in [0.5, 0.6) is 0 Å². The molecule has 3 aliphatic rings. The molecule has 2 heterocycles. The summed E-state index contributed by atoms with van der Waals surface area (Å²) in [6.07, 6.45) is 5.15. The third-order valence-electron chi connectivity index (χ3n) is 5.21. The van der Waals surface area contributed by atoms with Crippen LogP contribution in [0.2, 0.25) is 0 Å². The predicted molar refractivity (Wildman–Crippen MR) is 78.5 cm³/mol. The fourth-order valence-corrected chi connectivity index (χ4v) is 4.04. The Balaban J connectivity index is 1.64. The lowest BCUT2D eigenvalue weighted by Crippen LogP contribution is -2.63. The number of piperazine rings is 1. The molecule has 4 heteroatoms. The van der Waals surface area contributed by atoms with Gasteiger partial charge in [-0.25, -0.2) is 0 Å². The zero-order chi connectivity index (χ0) is 14.4. The average Bonchev–Trinajstić information content (AvgIpc) is 3.03. The summed E-state index contributed by atoms with van der Waals surface area (Å²) in [5, 5.41) is 0. The molecule has 1 aliphatic carbocycles. The fraction of sp³-hybridized carbons (Fsp3) is 0.529. The molecule has 1 aromatic carbocycles. The first-order valence-corrected chi connectivity index (χ1v) is 7.91. The van der Waals surface area contributed by atoms with Crippen LogP contribution in [0.25, 0.3) is 0 Å². The van der Waals surface area contributed by atoms with Crippen LogP contribution in [-0.2, 0) is 22.6 Å². The average molecular weight is 284 g/mol. The summed E-state index contributed by atoms with van der Waals surface area (Å²) in [5.41, 5.74) is 2.40. The molecule has 0 unspecified atom stereocenters. The first kappa shape index (κ1) is 12.9. The maximum absolute atomic E-state index is 12.8. The number of nitrogens with zero attached hydrogens (tertiary/aromatic N) is 2. The number of carbonyl (C=O) groups excluding carboxylic acids is 2. The van der Waals surface area contributed by atoms with Crippen LogP contribution < -0.4 is 0 Å². The number of fused-ring (bicyclic) bond motifs is 2. The highest BCUT2D eigenvalue weighted by molar-refractivity contribution is 5.95. The van der Waals surface area contributed by atoms with E-state index >= 15 is 0 Å². The Kier molecular flexibility index (Phi) is 2.98. The van der Waals surface area contributed by atoms with E-state index in [0.717, 1.165) is 12.8 Å². The first-order chi connectivity index (χ1) is 10.2. The summed E-state index contributed by atoms with van der Waals surface area (Å²) in [7, 11) is 0. The smallest absolute Gasteiger partial charge is 0.246 e. The molecule has 2 aliphatic heterocycles. The van der Waals surface area contributed by atoms with Gasteiger partial charge in [0.15, 0.2) is 0 Å². The minimum Gasteiger partial charge on any atom is -0.329 e. The molecule has 110 valence electrons. The molecule has 4 rings (SSSR count). The van der Waals surface area contributed by atoms with Gasteiger partial charge in [0.1, 0.15) is 12.6 Å². The van der Waals surface area contributed by atoms with Gasteiger partial charge in [-0.1, -0.05) is 37.1 Å². The van der Waals surface area contributed by atoms with Gasteiger partial charge in [0.2, 0.25) is 11.8 Å². The Labute approximate surface area is 124 Å². The van der Waals surface area contributed by atoms with Crippen molar-refractivity contribution in [3.05, 3.63) is 35.4 Å². The van der Waals surface area contributed by atoms with Gasteiger partial charge >= 0.3 is 0 Å². The van der Waals surface area contributed by atoms with Gasteiger partial charge in [-0.2, -0.15) is 0 Å². The third kappa shape index (κ3) is 2.04. The minimum atomic E-state index is -0.276. The van der Waals surface area contributed by atoms with Crippen LogP contribution in [-0.4, -0.2) is 40.2 Å². The van der Waals surface area contributed by atoms with Gasteiger partial charge in [0.25, 0.3) is 0 Å². The minimum absolute atomic E-state index is 0.112. The Morgan fingerprint density at radius 2 is 1.62 bits per heavy atom. The van der Waals surface area contributed by atoms with Gasteiger partial charge in [-0.15, -0.1) is 0 Å². The molecular formula is C17H20N2O2. The highest BCUT2D eigenvalue weighted by Gasteiger charge is 2.44. The number of rotatable bonds is 1. The fourth-order valence-electron chi connectivity index (χ4n) is 4.04. The summed E-state index contributed by atoms with van der Waals surface area (Å²) in [4.78, 5) is 29.0. The van der Waals surface area contributed by atoms with E-state index in [-0.39, 0.29) is 24.4 Å². The Morgan fingerprint density at radius 1 is 0.905 bits per heavy atom. The third-order valence-corrected chi connectivity index (χ3v) is 5.21. The molecule has 0 radical (unpaired) electrons. The lowest BCUT2D eigenvalue weighted by Gasteiger charge is -2.45. The number of amides is 2. The van der Waals surface area contributed by atoms with Crippen molar-refractivity contribution in [3.8, 4) is 0 Å². The lowest BCUT2D eigenvalue weighted by molar-refractivity contribution is -0.159. The van der Waals surface area contributed by atoms with Crippen molar-refractivity contribution in [1.29, 1.82) is 0 Å². The highest BCUT2D eigenvalue weighted by Crippen LogP contribution is 2.31. The van der Waals surface area contributed by atoms with Crippen LogP contribution in [0.15, 0.2) is 24.3 Å². The second-order valence-corrected chi connectivity index (χ2v) is 6.41. The summed E-state index contributed by atoms with van der Waals surface area (Å²) < 4.78 is 0. The number of hydrogen-bond acceptors (Lipinski definition) is 2. The number of carbonyl (C=O) groups is 2. The van der Waals surface area contributed by atoms with Crippen molar-refractivity contribution in [2.75, 3.05) is 6.54 Å². The Morgan fingerprint density at radius 3 is 2.38 bits per heavy atom. The molecule has 1 saturated heterocycles. The monoisotopic (exact) mass is 284 g/mol. The van der Waals surface area contributed by atoms with E-state index in [0.29, 0.717) is 19.0 Å². The van der Waals surface area contributed by atoms with Crippen LogP contribution >= 0.6 is 0 Å². The number of benzene rings is 1. The standard InChI is InChI=1S/C17H20N2O2/c20-16-11-18(14-7-3-4-8-14)17(21)15-9-12-5-1-2-6-13(12)10-19(15)16/h1-2,5-6,14-15H,3-4,7-11H2/t15-/m0/s1. The Bertz CT molecular complexity index is 592. The largest absolute Gasteiger partial charge is 0.329 e. The quantitative estimate of drug-likeness (QED) is 0.788. The van der Waals surface area contributed by atoms with Gasteiger partial charge < -0.3 is 9.80 Å². The molecule has 1 atom stereocenters. The van der Waals surface area contributed by atoms with Crippen molar-refractivity contribution in [2.24, 2.45) is 0 Å². The predicted octanol–water partition coefficient (Wildman–Crippen LogP) is 1.72. The van der Waals surface area contributed by atoms with Gasteiger partial charge in [0.05, 0.1) is 0 Å². The molecule has 0 N–H and O–H groups in total. The summed E-state index contributed by atoms with van der Waals surface area (Å²) in [6, 6.07) is 8.17. The second kappa shape index (κ2) is 4.86. The molecule has 2 amide bonds. The van der Waals surface area contributed by atoms with E-state index in [9.17, 15) is 9.59 Å². The zero-order valence-electron chi connectivity index (χ0n) is 12.1. The van der Waals surface area contributed by atoms with Crippen molar-refractivity contribution < 1.29 is 9.59 Å². The molecule has 1 saturated carbocycles. The van der Waals surface area contributed by atoms with Crippen LogP contribution in [0.1, 0.15) is 36.8 Å². The van der Waals surface area contributed by atoms with Gasteiger partial charge in [-0.3, -0.25) is 9.59 Å². The van der Waals surface area contributed by atoms with Crippen molar-refractivity contribution in [3.63, 3.8) is 0 Å². The summed E-state index contributed by atoms with van der Waals surface area (Å²) in [6.45, 7) is 0.867. The maximum Gasteiger partial charge on any atom is 0.246 e. The van der Waals surface area contributed by atoms with Gasteiger partial charge in [-0.05, 0) is 24.0 Å². The molecule has 4 nitrogen and oxygen atoms in total. The van der Waals surface area contributed by atoms with Crippen LogP contribution in [0.4, 0.5) is 0 Å². The number of hydrogen-bond donors (Lipinski definition) is 0. The van der Waals surface area contributed by atoms with Gasteiger partial charge in [0, 0.05) is 19.0 Å². The molecule has 0 bridgehead atoms. The van der Waals surface area contributed by atoms with Crippen LogP contribution in [0.3, 0.4) is 0 Å². The topological polar surface area (TPSA) is 40.6 Å². The molecular weight excluding hydrogens is 264 g/mol. The SMILES string of the molecule is O=C1[C@@H]2Cc3ccccc3CN2C(=O)CN1C1CCCC1. The normalized spacial score (nSPS) is 26.0. The highest BCUT2D eigenvalue weighted by atomic mass is 16.2. The van der Waals surface area contributed by atoms with E-state index in [4.69, 9.17) is 0 Å². The van der Waals surface area contributed by atoms with Crippen molar-refractivity contribution >= 4 is 11.8 Å². The molecule has 21 heavy (non-hydrogen) atoms. The van der Waals surface area contributed by atoms with E-state index in [1.807, 2.05) is 17.0 Å². The zero-order valence-corrected chi connectivity index (χ0v) is 12.1. The van der Waals surface area contributed by atoms with Crippen molar-refractivity contribution in [2.45, 2.75) is 50.7 Å². The second-order valence-electron chi connectivity index (χ2n) is 6.41. The van der Waals surface area contributed by atoms with E-state index in [2.05, 4.69) is 12.1 Å². The van der Waals surface area contributed by atoms with Crippen LogP contribution in [0, 0.1) is 0 Å². The maximum atomic E-state index is 12.8. The summed E-state index contributed by atoms with van der Waals surface area (Å²) >= 11 is 0. The lowest BCUT2D eigenvalue weighted by atomic mass is 9.91. The van der Waals surface area contributed by atoms with Crippen molar-refractivity contribution in [1.82, 2.24) is 9.80 Å². The molecule has 1 aromatic rings. The summed E-state index contributed by atoms with van der Waals surface area (Å²) in [5.74, 6) is 0.275.